The maximum absolute atomic E-state index is 12.5. The predicted molar refractivity (Wildman–Crippen MR) is 105 cm³/mol. The molecule has 1 aliphatic heterocycles. The highest BCUT2D eigenvalue weighted by molar-refractivity contribution is 7.09. The lowest BCUT2D eigenvalue weighted by molar-refractivity contribution is 0.0532. The molecule has 8 heteroatoms. The van der Waals surface area contributed by atoms with Gasteiger partial charge in [-0.3, -0.25) is 9.59 Å². The first-order chi connectivity index (χ1) is 12.1. The molecule has 6 nitrogen and oxygen atoms in total. The Morgan fingerprint density at radius 1 is 1.08 bits per heavy atom. The van der Waals surface area contributed by atoms with Gasteiger partial charge in [-0.1, -0.05) is 17.7 Å². The van der Waals surface area contributed by atoms with Crippen LogP contribution in [0, 0.1) is 6.92 Å². The summed E-state index contributed by atoms with van der Waals surface area (Å²) in [4.78, 5) is 33.0. The number of benzene rings is 1. The minimum atomic E-state index is -0.0676. The summed E-state index contributed by atoms with van der Waals surface area (Å²) in [6, 6.07) is 7.58. The largest absolute Gasteiger partial charge is 0.335 e. The molecule has 1 aromatic carbocycles. The maximum atomic E-state index is 12.5. The summed E-state index contributed by atoms with van der Waals surface area (Å²) in [5.41, 5.74) is 7.82. The number of amides is 2. The lowest BCUT2D eigenvalue weighted by Crippen LogP contribution is -2.50. The van der Waals surface area contributed by atoms with Crippen molar-refractivity contribution < 1.29 is 9.59 Å². The standard InChI is InChI=1S/C18H22N4O2S.ClH/c1-13-2-4-14(5-3-13)17(23)21-8-10-22(11-9-21)18(24)15-12-25-16(20-15)6-7-19;/h2-5,12H,6-11,19H2,1H3;1H. The van der Waals surface area contributed by atoms with Crippen LogP contribution in [0.3, 0.4) is 0 Å². The zero-order chi connectivity index (χ0) is 17.8. The van der Waals surface area contributed by atoms with Gasteiger partial charge in [0.1, 0.15) is 5.69 Å². The number of piperazine rings is 1. The van der Waals surface area contributed by atoms with Crippen LogP contribution in [-0.2, 0) is 6.42 Å². The maximum Gasteiger partial charge on any atom is 0.273 e. The number of carbonyl (C=O) groups is 2. The molecule has 26 heavy (non-hydrogen) atoms. The Morgan fingerprint density at radius 2 is 1.65 bits per heavy atom. The zero-order valence-corrected chi connectivity index (χ0v) is 16.3. The summed E-state index contributed by atoms with van der Waals surface area (Å²) in [6.45, 7) is 4.66. The minimum absolute atomic E-state index is 0. The smallest absolute Gasteiger partial charge is 0.273 e. The molecule has 0 spiro atoms. The van der Waals surface area contributed by atoms with Crippen molar-refractivity contribution in [3.05, 3.63) is 51.5 Å². The third kappa shape index (κ3) is 4.60. The van der Waals surface area contributed by atoms with Gasteiger partial charge in [-0.05, 0) is 25.6 Å². The lowest BCUT2D eigenvalue weighted by Gasteiger charge is -2.34. The Kier molecular flexibility index (Phi) is 7.14. The van der Waals surface area contributed by atoms with E-state index >= 15 is 0 Å². The molecule has 0 aliphatic carbocycles. The fourth-order valence-corrected chi connectivity index (χ4v) is 3.59. The SMILES string of the molecule is Cc1ccc(C(=O)N2CCN(C(=O)c3csc(CCN)n3)CC2)cc1.Cl. The minimum Gasteiger partial charge on any atom is -0.335 e. The van der Waals surface area contributed by atoms with E-state index in [-0.39, 0.29) is 24.2 Å². The number of rotatable bonds is 4. The molecule has 0 unspecified atom stereocenters. The van der Waals surface area contributed by atoms with Gasteiger partial charge < -0.3 is 15.5 Å². The average Bonchev–Trinajstić information content (AvgIpc) is 3.10. The summed E-state index contributed by atoms with van der Waals surface area (Å²) >= 11 is 1.47. The molecule has 2 heterocycles. The molecule has 1 aliphatic rings. The third-order valence-electron chi connectivity index (χ3n) is 4.28. The molecule has 0 atom stereocenters. The van der Waals surface area contributed by atoms with E-state index in [1.807, 2.05) is 31.2 Å². The van der Waals surface area contributed by atoms with Crippen LogP contribution >= 0.6 is 23.7 Å². The number of aryl methyl sites for hydroxylation is 1. The van der Waals surface area contributed by atoms with Crippen molar-refractivity contribution in [2.45, 2.75) is 13.3 Å². The molecule has 0 radical (unpaired) electrons. The second kappa shape index (κ2) is 9.12. The molecule has 0 saturated carbocycles. The van der Waals surface area contributed by atoms with Crippen LogP contribution in [0.4, 0.5) is 0 Å². The molecule has 1 aromatic heterocycles. The quantitative estimate of drug-likeness (QED) is 0.859. The fraction of sp³-hybridized carbons (Fsp3) is 0.389. The van der Waals surface area contributed by atoms with E-state index in [2.05, 4.69) is 4.98 Å². The van der Waals surface area contributed by atoms with Gasteiger partial charge in [0.05, 0.1) is 5.01 Å². The number of carbonyl (C=O) groups excluding carboxylic acids is 2. The molecule has 3 rings (SSSR count). The molecule has 0 bridgehead atoms. The van der Waals surface area contributed by atoms with Gasteiger partial charge in [0, 0.05) is 43.5 Å². The number of aromatic nitrogens is 1. The van der Waals surface area contributed by atoms with Crippen molar-refractivity contribution in [3.63, 3.8) is 0 Å². The Morgan fingerprint density at radius 3 is 2.23 bits per heavy atom. The normalized spacial score (nSPS) is 14.1. The van der Waals surface area contributed by atoms with Crippen LogP contribution in [-0.4, -0.2) is 59.3 Å². The van der Waals surface area contributed by atoms with E-state index in [0.717, 1.165) is 10.6 Å². The van der Waals surface area contributed by atoms with Crippen LogP contribution in [0.5, 0.6) is 0 Å². The fourth-order valence-electron chi connectivity index (χ4n) is 2.80. The predicted octanol–water partition coefficient (Wildman–Crippen LogP) is 1.97. The Balaban J connectivity index is 0.00000243. The summed E-state index contributed by atoms with van der Waals surface area (Å²) < 4.78 is 0. The molecule has 2 amide bonds. The molecule has 2 N–H and O–H groups in total. The first-order valence-corrected chi connectivity index (χ1v) is 9.26. The zero-order valence-electron chi connectivity index (χ0n) is 14.7. The van der Waals surface area contributed by atoms with Gasteiger partial charge in [-0.25, -0.2) is 4.98 Å². The molecular weight excluding hydrogens is 372 g/mol. The van der Waals surface area contributed by atoms with Crippen molar-refractivity contribution in [2.75, 3.05) is 32.7 Å². The number of hydrogen-bond acceptors (Lipinski definition) is 5. The molecule has 2 aromatic rings. The van der Waals surface area contributed by atoms with E-state index < -0.39 is 0 Å². The molecule has 140 valence electrons. The van der Waals surface area contributed by atoms with E-state index in [1.54, 1.807) is 15.2 Å². The Bertz CT molecular complexity index is 755. The number of nitrogens with zero attached hydrogens (tertiary/aromatic N) is 3. The second-order valence-electron chi connectivity index (χ2n) is 6.12. The average molecular weight is 395 g/mol. The number of nitrogens with two attached hydrogens (primary N) is 1. The first kappa shape index (κ1) is 20.4. The van der Waals surface area contributed by atoms with Gasteiger partial charge in [0.25, 0.3) is 11.8 Å². The van der Waals surface area contributed by atoms with Crippen molar-refractivity contribution in [1.29, 1.82) is 0 Å². The highest BCUT2D eigenvalue weighted by atomic mass is 35.5. The highest BCUT2D eigenvalue weighted by Gasteiger charge is 2.26. The van der Waals surface area contributed by atoms with Crippen molar-refractivity contribution in [1.82, 2.24) is 14.8 Å². The van der Waals surface area contributed by atoms with Crippen LogP contribution in [0.1, 0.15) is 31.4 Å². The molecule has 1 saturated heterocycles. The Hall–Kier alpha value is -1.96. The number of hydrogen-bond donors (Lipinski definition) is 1. The van der Waals surface area contributed by atoms with Crippen LogP contribution in [0.2, 0.25) is 0 Å². The van der Waals surface area contributed by atoms with E-state index in [9.17, 15) is 9.59 Å². The van der Waals surface area contributed by atoms with Crippen LogP contribution in [0.15, 0.2) is 29.6 Å². The monoisotopic (exact) mass is 394 g/mol. The van der Waals surface area contributed by atoms with Gasteiger partial charge in [-0.2, -0.15) is 0 Å². The van der Waals surface area contributed by atoms with Crippen molar-refractivity contribution in [3.8, 4) is 0 Å². The van der Waals surface area contributed by atoms with Crippen molar-refractivity contribution >= 4 is 35.6 Å². The summed E-state index contributed by atoms with van der Waals surface area (Å²) in [5, 5.41) is 2.68. The van der Waals surface area contributed by atoms with Gasteiger partial charge in [0.15, 0.2) is 0 Å². The molecular formula is C18H23ClN4O2S. The van der Waals surface area contributed by atoms with Gasteiger partial charge in [-0.15, -0.1) is 23.7 Å². The van der Waals surface area contributed by atoms with E-state index in [4.69, 9.17) is 5.73 Å². The number of thiazole rings is 1. The number of halogens is 1. The summed E-state index contributed by atoms with van der Waals surface area (Å²) in [6.07, 6.45) is 0.691. The lowest BCUT2D eigenvalue weighted by atomic mass is 10.1. The van der Waals surface area contributed by atoms with E-state index in [0.29, 0.717) is 50.4 Å². The molecule has 1 fully saturated rings. The summed E-state index contributed by atoms with van der Waals surface area (Å²) in [5.74, 6) is -0.0482. The van der Waals surface area contributed by atoms with Gasteiger partial charge in [0.2, 0.25) is 0 Å². The Labute approximate surface area is 163 Å². The van der Waals surface area contributed by atoms with Gasteiger partial charge >= 0.3 is 0 Å². The van der Waals surface area contributed by atoms with Crippen molar-refractivity contribution in [2.24, 2.45) is 5.73 Å². The second-order valence-corrected chi connectivity index (χ2v) is 7.06. The highest BCUT2D eigenvalue weighted by Crippen LogP contribution is 2.15. The summed E-state index contributed by atoms with van der Waals surface area (Å²) in [7, 11) is 0. The third-order valence-corrected chi connectivity index (χ3v) is 5.19. The topological polar surface area (TPSA) is 79.5 Å². The van der Waals surface area contributed by atoms with E-state index in [1.165, 1.54) is 11.3 Å². The van der Waals surface area contributed by atoms with Crippen LogP contribution in [0.25, 0.3) is 0 Å². The first-order valence-electron chi connectivity index (χ1n) is 8.38. The van der Waals surface area contributed by atoms with Crippen LogP contribution < -0.4 is 5.73 Å².